The molecule has 1 fully saturated rings. The van der Waals surface area contributed by atoms with Crippen LogP contribution in [0.25, 0.3) is 0 Å². The summed E-state index contributed by atoms with van der Waals surface area (Å²) in [6, 6.07) is 0. The van der Waals surface area contributed by atoms with Gasteiger partial charge in [0, 0.05) is 25.3 Å². The van der Waals surface area contributed by atoms with E-state index in [-0.39, 0.29) is 17.6 Å². The molecule has 1 amide bonds. The van der Waals surface area contributed by atoms with Gasteiger partial charge in [-0.05, 0) is 19.8 Å². The van der Waals surface area contributed by atoms with Gasteiger partial charge in [0.1, 0.15) is 12.0 Å². The van der Waals surface area contributed by atoms with Crippen molar-refractivity contribution in [1.82, 2.24) is 4.90 Å². The highest BCUT2D eigenvalue weighted by Crippen LogP contribution is 2.22. The number of rotatable bonds is 6. The van der Waals surface area contributed by atoms with Crippen LogP contribution in [-0.2, 0) is 9.59 Å². The van der Waals surface area contributed by atoms with Crippen LogP contribution in [0.4, 0.5) is 0 Å². The van der Waals surface area contributed by atoms with E-state index in [4.69, 9.17) is 0 Å². The Hall–Kier alpha value is -0.900. The summed E-state index contributed by atoms with van der Waals surface area (Å²) in [5.74, 6) is 0.220. The summed E-state index contributed by atoms with van der Waals surface area (Å²) in [5, 5.41) is 9.63. The number of aliphatic hydroxyl groups excluding tert-OH is 1. The predicted octanol–water partition coefficient (Wildman–Crippen LogP) is 1.32. The first-order valence-electron chi connectivity index (χ1n) is 6.00. The van der Waals surface area contributed by atoms with Gasteiger partial charge in [-0.3, -0.25) is 4.79 Å². The lowest BCUT2D eigenvalue weighted by Crippen LogP contribution is -2.34. The summed E-state index contributed by atoms with van der Waals surface area (Å²) in [6.45, 7) is 4.05. The van der Waals surface area contributed by atoms with Gasteiger partial charge < -0.3 is 14.8 Å². The fraction of sp³-hybridized carbons (Fsp3) is 0.833. The SMILES string of the molecule is CC(=O)CCCCCN1C(=O)C(C)CC1O. The van der Waals surface area contributed by atoms with Gasteiger partial charge in [-0.1, -0.05) is 13.3 Å². The van der Waals surface area contributed by atoms with Crippen molar-refractivity contribution in [3.05, 3.63) is 0 Å². The quantitative estimate of drug-likeness (QED) is 0.696. The zero-order valence-corrected chi connectivity index (χ0v) is 10.1. The number of likely N-dealkylation sites (tertiary alicyclic amines) is 1. The molecule has 0 saturated carbocycles. The molecule has 2 atom stereocenters. The van der Waals surface area contributed by atoms with E-state index < -0.39 is 6.23 Å². The van der Waals surface area contributed by atoms with Crippen molar-refractivity contribution in [1.29, 1.82) is 0 Å². The fourth-order valence-electron chi connectivity index (χ4n) is 2.07. The zero-order chi connectivity index (χ0) is 12.1. The molecule has 0 aliphatic carbocycles. The lowest BCUT2D eigenvalue weighted by Gasteiger charge is -2.20. The molecule has 1 saturated heterocycles. The molecule has 0 radical (unpaired) electrons. The second-order valence-electron chi connectivity index (χ2n) is 4.66. The molecule has 1 N–H and O–H groups in total. The van der Waals surface area contributed by atoms with Gasteiger partial charge in [0.05, 0.1) is 0 Å². The van der Waals surface area contributed by atoms with Crippen LogP contribution in [0.5, 0.6) is 0 Å². The van der Waals surface area contributed by atoms with Crippen LogP contribution in [0, 0.1) is 5.92 Å². The van der Waals surface area contributed by atoms with Crippen LogP contribution in [0.1, 0.15) is 46.0 Å². The average Bonchev–Trinajstić information content (AvgIpc) is 2.43. The number of Topliss-reactive ketones (excluding diaryl/α,β-unsaturated/α-hetero) is 1. The maximum atomic E-state index is 11.6. The topological polar surface area (TPSA) is 57.6 Å². The van der Waals surface area contributed by atoms with Crippen molar-refractivity contribution in [2.24, 2.45) is 5.92 Å². The minimum atomic E-state index is -0.602. The Morgan fingerprint density at radius 3 is 2.62 bits per heavy atom. The van der Waals surface area contributed by atoms with E-state index in [9.17, 15) is 14.7 Å². The second kappa shape index (κ2) is 5.99. The molecule has 4 nitrogen and oxygen atoms in total. The largest absolute Gasteiger partial charge is 0.374 e. The number of nitrogens with zero attached hydrogens (tertiary/aromatic N) is 1. The Balaban J connectivity index is 2.17. The summed E-state index contributed by atoms with van der Waals surface area (Å²) in [4.78, 5) is 23.9. The van der Waals surface area contributed by atoms with Crippen molar-refractivity contribution >= 4 is 11.7 Å². The molecule has 0 aromatic carbocycles. The van der Waals surface area contributed by atoms with Crippen LogP contribution in [0.15, 0.2) is 0 Å². The Labute approximate surface area is 96.6 Å². The first-order chi connectivity index (χ1) is 7.52. The zero-order valence-electron chi connectivity index (χ0n) is 10.1. The summed E-state index contributed by atoms with van der Waals surface area (Å²) in [5.41, 5.74) is 0. The van der Waals surface area contributed by atoms with Crippen LogP contribution < -0.4 is 0 Å². The molecule has 2 unspecified atom stereocenters. The molecule has 0 bridgehead atoms. The number of amides is 1. The number of carbonyl (C=O) groups is 2. The number of carbonyl (C=O) groups excluding carboxylic acids is 2. The standard InChI is InChI=1S/C12H21NO3/c1-9-8-11(15)13(12(9)16)7-5-3-4-6-10(2)14/h9,11,15H,3-8H2,1-2H3. The number of ketones is 1. The molecule has 1 heterocycles. The molecule has 1 aliphatic heterocycles. The molecule has 1 rings (SSSR count). The van der Waals surface area contributed by atoms with E-state index in [0.717, 1.165) is 19.3 Å². The Kier molecular flexibility index (Phi) is 4.93. The molecular weight excluding hydrogens is 206 g/mol. The highest BCUT2D eigenvalue weighted by Gasteiger charge is 2.34. The van der Waals surface area contributed by atoms with Crippen molar-refractivity contribution in [3.63, 3.8) is 0 Å². The summed E-state index contributed by atoms with van der Waals surface area (Å²) >= 11 is 0. The van der Waals surface area contributed by atoms with Gasteiger partial charge in [-0.25, -0.2) is 0 Å². The minimum absolute atomic E-state index is 0.0489. The number of unbranched alkanes of at least 4 members (excludes halogenated alkanes) is 2. The monoisotopic (exact) mass is 227 g/mol. The maximum Gasteiger partial charge on any atom is 0.227 e. The molecular formula is C12H21NO3. The normalized spacial score (nSPS) is 25.2. The molecule has 4 heteroatoms. The van der Waals surface area contributed by atoms with Crippen LogP contribution in [0.3, 0.4) is 0 Å². The lowest BCUT2D eigenvalue weighted by molar-refractivity contribution is -0.135. The van der Waals surface area contributed by atoms with Gasteiger partial charge in [0.2, 0.25) is 5.91 Å². The number of hydrogen-bond donors (Lipinski definition) is 1. The third-order valence-corrected chi connectivity index (χ3v) is 3.06. The van der Waals surface area contributed by atoms with Crippen molar-refractivity contribution in [2.75, 3.05) is 6.54 Å². The number of aliphatic hydroxyl groups is 1. The highest BCUT2D eigenvalue weighted by molar-refractivity contribution is 5.80. The Bertz CT molecular complexity index is 265. The summed E-state index contributed by atoms with van der Waals surface area (Å²) in [6.07, 6.45) is 3.24. The first-order valence-corrected chi connectivity index (χ1v) is 6.00. The smallest absolute Gasteiger partial charge is 0.227 e. The van der Waals surface area contributed by atoms with Gasteiger partial charge in [0.25, 0.3) is 0 Å². The van der Waals surface area contributed by atoms with E-state index in [0.29, 0.717) is 19.4 Å². The first kappa shape index (κ1) is 13.2. The van der Waals surface area contributed by atoms with Gasteiger partial charge in [-0.2, -0.15) is 0 Å². The summed E-state index contributed by atoms with van der Waals surface area (Å²) < 4.78 is 0. The predicted molar refractivity (Wildman–Crippen MR) is 60.6 cm³/mol. The molecule has 0 spiro atoms. The van der Waals surface area contributed by atoms with Crippen molar-refractivity contribution in [3.8, 4) is 0 Å². The molecule has 0 aromatic heterocycles. The van der Waals surface area contributed by atoms with E-state index in [1.165, 1.54) is 0 Å². The van der Waals surface area contributed by atoms with E-state index in [1.54, 1.807) is 11.8 Å². The van der Waals surface area contributed by atoms with Crippen LogP contribution >= 0.6 is 0 Å². The van der Waals surface area contributed by atoms with Gasteiger partial charge in [-0.15, -0.1) is 0 Å². The molecule has 92 valence electrons. The second-order valence-corrected chi connectivity index (χ2v) is 4.66. The van der Waals surface area contributed by atoms with Gasteiger partial charge in [0.15, 0.2) is 0 Å². The number of hydrogen-bond acceptors (Lipinski definition) is 3. The third kappa shape index (κ3) is 3.59. The highest BCUT2D eigenvalue weighted by atomic mass is 16.3. The van der Waals surface area contributed by atoms with E-state index in [1.807, 2.05) is 6.92 Å². The van der Waals surface area contributed by atoms with Crippen LogP contribution in [-0.4, -0.2) is 34.5 Å². The van der Waals surface area contributed by atoms with E-state index >= 15 is 0 Å². The van der Waals surface area contributed by atoms with Crippen molar-refractivity contribution < 1.29 is 14.7 Å². The van der Waals surface area contributed by atoms with Gasteiger partial charge >= 0.3 is 0 Å². The maximum absolute atomic E-state index is 11.6. The van der Waals surface area contributed by atoms with Crippen LogP contribution in [0.2, 0.25) is 0 Å². The van der Waals surface area contributed by atoms with E-state index in [2.05, 4.69) is 0 Å². The fourth-order valence-corrected chi connectivity index (χ4v) is 2.07. The average molecular weight is 227 g/mol. The molecule has 1 aliphatic rings. The van der Waals surface area contributed by atoms with Crippen molar-refractivity contribution in [2.45, 2.75) is 52.2 Å². The third-order valence-electron chi connectivity index (χ3n) is 3.06. The Morgan fingerprint density at radius 2 is 2.12 bits per heavy atom. The summed E-state index contributed by atoms with van der Waals surface area (Å²) in [7, 11) is 0. The molecule has 16 heavy (non-hydrogen) atoms. The molecule has 0 aromatic rings. The minimum Gasteiger partial charge on any atom is -0.374 e. The lowest BCUT2D eigenvalue weighted by atomic mass is 10.1. The Morgan fingerprint density at radius 1 is 1.44 bits per heavy atom.